The summed E-state index contributed by atoms with van der Waals surface area (Å²) in [4.78, 5) is 16.9. The molecule has 24 heavy (non-hydrogen) atoms. The van der Waals surface area contributed by atoms with Crippen LogP contribution in [0.4, 0.5) is 5.69 Å². The maximum absolute atomic E-state index is 12.5. The van der Waals surface area contributed by atoms with Crippen molar-refractivity contribution >= 4 is 11.6 Å². The second-order valence-corrected chi connectivity index (χ2v) is 6.48. The molecule has 0 atom stereocenters. The largest absolute Gasteiger partial charge is 0.368 e. The van der Waals surface area contributed by atoms with E-state index in [1.165, 1.54) is 11.3 Å². The molecule has 0 saturated carbocycles. The number of amides is 1. The second kappa shape index (κ2) is 7.07. The number of carbonyl (C=O) groups is 1. The average Bonchev–Trinajstić information content (AvgIpc) is 2.86. The van der Waals surface area contributed by atoms with Gasteiger partial charge in [0.15, 0.2) is 0 Å². The summed E-state index contributed by atoms with van der Waals surface area (Å²) in [5.74, 6) is 0.255. The highest BCUT2D eigenvalue weighted by Crippen LogP contribution is 2.18. The Morgan fingerprint density at radius 3 is 2.33 bits per heavy atom. The number of hydrogen-bond acceptors (Lipinski definition) is 3. The van der Waals surface area contributed by atoms with Gasteiger partial charge in [0.1, 0.15) is 0 Å². The lowest BCUT2D eigenvalue weighted by atomic mass is 10.1. The average molecular weight is 326 g/mol. The third-order valence-corrected chi connectivity index (χ3v) is 5.00. The van der Waals surface area contributed by atoms with Crippen LogP contribution in [0.15, 0.2) is 30.3 Å². The summed E-state index contributed by atoms with van der Waals surface area (Å²) in [6.07, 6.45) is 1.35. The lowest BCUT2D eigenvalue weighted by Gasteiger charge is -2.36. The van der Waals surface area contributed by atoms with E-state index in [0.29, 0.717) is 6.42 Å². The van der Waals surface area contributed by atoms with Gasteiger partial charge in [-0.3, -0.25) is 9.48 Å². The fraction of sp³-hybridized carbons (Fsp3) is 0.474. The minimum Gasteiger partial charge on any atom is -0.368 e. The molecule has 5 nitrogen and oxygen atoms in total. The molecule has 1 aromatic carbocycles. The van der Waals surface area contributed by atoms with Gasteiger partial charge in [0, 0.05) is 51.0 Å². The van der Waals surface area contributed by atoms with Gasteiger partial charge in [-0.15, -0.1) is 0 Å². The number of benzene rings is 1. The highest BCUT2D eigenvalue weighted by molar-refractivity contribution is 5.77. The molecular formula is C19H26N4O. The molecule has 0 aliphatic carbocycles. The number of piperazine rings is 1. The van der Waals surface area contributed by atoms with Crippen molar-refractivity contribution in [2.45, 2.75) is 26.7 Å². The van der Waals surface area contributed by atoms with Crippen molar-refractivity contribution in [2.24, 2.45) is 7.05 Å². The predicted octanol–water partition coefficient (Wildman–Crippen LogP) is 2.32. The van der Waals surface area contributed by atoms with E-state index in [0.717, 1.165) is 44.0 Å². The highest BCUT2D eigenvalue weighted by atomic mass is 16.2. The molecule has 3 rings (SSSR count). The molecule has 1 aromatic heterocycles. The molecule has 0 spiro atoms. The zero-order valence-corrected chi connectivity index (χ0v) is 14.8. The number of nitrogens with zero attached hydrogens (tertiary/aromatic N) is 4. The van der Waals surface area contributed by atoms with E-state index in [1.807, 2.05) is 29.6 Å². The lowest BCUT2D eigenvalue weighted by Crippen LogP contribution is -2.48. The van der Waals surface area contributed by atoms with Gasteiger partial charge in [0.05, 0.1) is 5.69 Å². The molecule has 0 bridgehead atoms. The lowest BCUT2D eigenvalue weighted by molar-refractivity contribution is -0.131. The Labute approximate surface area is 143 Å². The van der Waals surface area contributed by atoms with Gasteiger partial charge in [-0.2, -0.15) is 5.10 Å². The van der Waals surface area contributed by atoms with Gasteiger partial charge in [0.2, 0.25) is 5.91 Å². The van der Waals surface area contributed by atoms with E-state index in [4.69, 9.17) is 0 Å². The summed E-state index contributed by atoms with van der Waals surface area (Å²) < 4.78 is 1.90. The first-order chi connectivity index (χ1) is 11.6. The van der Waals surface area contributed by atoms with Crippen LogP contribution in [0, 0.1) is 13.8 Å². The molecule has 0 unspecified atom stereocenters. The SMILES string of the molecule is Cc1nn(C)c(C)c1CCC(=O)N1CCN(c2ccccc2)CC1. The molecule has 1 fully saturated rings. The quantitative estimate of drug-likeness (QED) is 0.866. The van der Waals surface area contributed by atoms with Crippen LogP contribution in [0.25, 0.3) is 0 Å². The topological polar surface area (TPSA) is 41.4 Å². The summed E-state index contributed by atoms with van der Waals surface area (Å²) in [5.41, 5.74) is 4.66. The van der Waals surface area contributed by atoms with Crippen molar-refractivity contribution < 1.29 is 4.79 Å². The first-order valence-corrected chi connectivity index (χ1v) is 8.63. The molecule has 1 aliphatic rings. The van der Waals surface area contributed by atoms with E-state index in [2.05, 4.69) is 41.2 Å². The van der Waals surface area contributed by atoms with E-state index in [-0.39, 0.29) is 5.91 Å². The molecule has 2 aromatic rings. The Bertz CT molecular complexity index is 700. The van der Waals surface area contributed by atoms with Crippen molar-refractivity contribution in [3.8, 4) is 0 Å². The van der Waals surface area contributed by atoms with Gasteiger partial charge in [-0.05, 0) is 38.0 Å². The highest BCUT2D eigenvalue weighted by Gasteiger charge is 2.21. The van der Waals surface area contributed by atoms with E-state index < -0.39 is 0 Å². The normalized spacial score (nSPS) is 15.0. The van der Waals surface area contributed by atoms with Crippen LogP contribution in [0.1, 0.15) is 23.4 Å². The van der Waals surface area contributed by atoms with Crippen LogP contribution in [0.2, 0.25) is 0 Å². The van der Waals surface area contributed by atoms with Crippen molar-refractivity contribution in [1.29, 1.82) is 0 Å². The van der Waals surface area contributed by atoms with Crippen molar-refractivity contribution in [1.82, 2.24) is 14.7 Å². The summed E-state index contributed by atoms with van der Waals surface area (Å²) in [5, 5.41) is 4.43. The Balaban J connectivity index is 1.52. The van der Waals surface area contributed by atoms with E-state index >= 15 is 0 Å². The molecule has 128 valence electrons. The van der Waals surface area contributed by atoms with Crippen molar-refractivity contribution in [2.75, 3.05) is 31.1 Å². The molecule has 0 N–H and O–H groups in total. The second-order valence-electron chi connectivity index (χ2n) is 6.48. The summed E-state index contributed by atoms with van der Waals surface area (Å²) in [6.45, 7) is 7.50. The first kappa shape index (κ1) is 16.6. The number of aromatic nitrogens is 2. The minimum atomic E-state index is 0.255. The monoisotopic (exact) mass is 326 g/mol. The Morgan fingerprint density at radius 2 is 1.75 bits per heavy atom. The minimum absolute atomic E-state index is 0.255. The molecule has 1 amide bonds. The maximum atomic E-state index is 12.5. The van der Waals surface area contributed by atoms with Gasteiger partial charge in [0.25, 0.3) is 0 Å². The number of rotatable bonds is 4. The fourth-order valence-corrected chi connectivity index (χ4v) is 3.42. The zero-order chi connectivity index (χ0) is 17.1. The summed E-state index contributed by atoms with van der Waals surface area (Å²) >= 11 is 0. The molecule has 1 aliphatic heterocycles. The molecule has 0 radical (unpaired) electrons. The number of aryl methyl sites for hydroxylation is 2. The number of carbonyl (C=O) groups excluding carboxylic acids is 1. The van der Waals surface area contributed by atoms with Crippen LogP contribution in [-0.4, -0.2) is 46.8 Å². The Morgan fingerprint density at radius 1 is 1.08 bits per heavy atom. The number of para-hydroxylation sites is 1. The van der Waals surface area contributed by atoms with E-state index in [1.54, 1.807) is 0 Å². The van der Waals surface area contributed by atoms with Gasteiger partial charge in [-0.25, -0.2) is 0 Å². The number of hydrogen-bond donors (Lipinski definition) is 0. The van der Waals surface area contributed by atoms with Gasteiger partial charge in [-0.1, -0.05) is 18.2 Å². The van der Waals surface area contributed by atoms with Crippen LogP contribution in [-0.2, 0) is 18.3 Å². The standard InChI is InChI=1S/C19H26N4O/c1-15-18(16(2)21(3)20-15)9-10-19(24)23-13-11-22(12-14-23)17-7-5-4-6-8-17/h4-8H,9-14H2,1-3H3. The van der Waals surface area contributed by atoms with Gasteiger partial charge < -0.3 is 9.80 Å². The third kappa shape index (κ3) is 3.45. The summed E-state index contributed by atoms with van der Waals surface area (Å²) in [6, 6.07) is 10.4. The first-order valence-electron chi connectivity index (χ1n) is 8.63. The van der Waals surface area contributed by atoms with Crippen molar-refractivity contribution in [3.63, 3.8) is 0 Å². The van der Waals surface area contributed by atoms with Crippen molar-refractivity contribution in [3.05, 3.63) is 47.3 Å². The maximum Gasteiger partial charge on any atom is 0.223 e. The Kier molecular flexibility index (Phi) is 4.88. The van der Waals surface area contributed by atoms with Crippen LogP contribution in [0.3, 0.4) is 0 Å². The number of anilines is 1. The molecule has 2 heterocycles. The fourth-order valence-electron chi connectivity index (χ4n) is 3.42. The smallest absolute Gasteiger partial charge is 0.223 e. The molecular weight excluding hydrogens is 300 g/mol. The van der Waals surface area contributed by atoms with E-state index in [9.17, 15) is 4.79 Å². The zero-order valence-electron chi connectivity index (χ0n) is 14.8. The molecule has 5 heteroatoms. The summed E-state index contributed by atoms with van der Waals surface area (Å²) in [7, 11) is 1.95. The Hall–Kier alpha value is -2.30. The van der Waals surface area contributed by atoms with Crippen LogP contribution in [0.5, 0.6) is 0 Å². The van der Waals surface area contributed by atoms with Crippen LogP contribution < -0.4 is 4.90 Å². The third-order valence-electron chi connectivity index (χ3n) is 5.00. The molecule has 1 saturated heterocycles. The van der Waals surface area contributed by atoms with Crippen LogP contribution >= 0.6 is 0 Å². The van der Waals surface area contributed by atoms with Gasteiger partial charge >= 0.3 is 0 Å². The predicted molar refractivity (Wildman–Crippen MR) is 96.2 cm³/mol.